The largest absolute Gasteiger partial charge is 0.381 e. The van der Waals surface area contributed by atoms with E-state index in [0.29, 0.717) is 12.1 Å². The molecule has 2 aromatic carbocycles. The molecular weight excluding hydrogens is 468 g/mol. The summed E-state index contributed by atoms with van der Waals surface area (Å²) in [5.41, 5.74) is -2.10. The number of amides is 1. The minimum Gasteiger partial charge on any atom is -0.381 e. The van der Waals surface area contributed by atoms with Gasteiger partial charge in [0, 0.05) is 17.7 Å². The lowest BCUT2D eigenvalue weighted by atomic mass is 9.86. The molecule has 2 aromatic heterocycles. The summed E-state index contributed by atoms with van der Waals surface area (Å²) in [6.07, 6.45) is 3.71. The molecule has 12 heteroatoms. The highest BCUT2D eigenvalue weighted by atomic mass is 19.1. The summed E-state index contributed by atoms with van der Waals surface area (Å²) < 4.78 is 58.0. The number of benzene rings is 2. The van der Waals surface area contributed by atoms with Crippen LogP contribution in [0, 0.1) is 30.2 Å². The zero-order valence-corrected chi connectivity index (χ0v) is 18.6. The second-order valence-corrected chi connectivity index (χ2v) is 7.99. The Labute approximate surface area is 196 Å². The van der Waals surface area contributed by atoms with Crippen LogP contribution in [0.25, 0.3) is 5.69 Å². The van der Waals surface area contributed by atoms with Gasteiger partial charge < -0.3 is 10.4 Å². The van der Waals surface area contributed by atoms with Gasteiger partial charge in [0.1, 0.15) is 41.4 Å². The Morgan fingerprint density at radius 2 is 1.77 bits per heavy atom. The van der Waals surface area contributed by atoms with Crippen molar-refractivity contribution in [3.8, 4) is 5.69 Å². The van der Waals surface area contributed by atoms with Crippen molar-refractivity contribution in [3.63, 3.8) is 0 Å². The van der Waals surface area contributed by atoms with E-state index in [0.717, 1.165) is 22.9 Å². The van der Waals surface area contributed by atoms with E-state index in [1.807, 2.05) is 0 Å². The van der Waals surface area contributed by atoms with E-state index in [-0.39, 0.29) is 29.1 Å². The Balaban J connectivity index is 1.65. The van der Waals surface area contributed by atoms with Gasteiger partial charge in [0.2, 0.25) is 0 Å². The molecular formula is C23H20F4N6O2. The normalized spacial score (nSPS) is 13.9. The van der Waals surface area contributed by atoms with Crippen molar-refractivity contribution in [2.75, 3.05) is 0 Å². The third-order valence-electron chi connectivity index (χ3n) is 5.72. The number of aromatic nitrogens is 5. The van der Waals surface area contributed by atoms with Crippen LogP contribution in [-0.4, -0.2) is 41.6 Å². The maximum atomic E-state index is 14.7. The first kappa shape index (κ1) is 24.1. The number of rotatable bonds is 7. The monoisotopic (exact) mass is 488 g/mol. The van der Waals surface area contributed by atoms with Gasteiger partial charge in [-0.15, -0.1) is 0 Å². The van der Waals surface area contributed by atoms with Crippen molar-refractivity contribution in [2.24, 2.45) is 0 Å². The highest BCUT2D eigenvalue weighted by Crippen LogP contribution is 2.30. The van der Waals surface area contributed by atoms with Gasteiger partial charge in [0.15, 0.2) is 5.82 Å². The van der Waals surface area contributed by atoms with Crippen molar-refractivity contribution in [2.45, 2.75) is 32.0 Å². The number of hydrogen-bond donors (Lipinski definition) is 2. The molecule has 0 bridgehead atoms. The predicted molar refractivity (Wildman–Crippen MR) is 115 cm³/mol. The van der Waals surface area contributed by atoms with Crippen molar-refractivity contribution in [1.29, 1.82) is 0 Å². The molecule has 8 nitrogen and oxygen atoms in total. The first-order valence-corrected chi connectivity index (χ1v) is 10.4. The van der Waals surface area contributed by atoms with Crippen molar-refractivity contribution >= 4 is 5.91 Å². The van der Waals surface area contributed by atoms with Gasteiger partial charge in [-0.1, -0.05) is 6.07 Å². The Morgan fingerprint density at radius 3 is 2.40 bits per heavy atom. The molecule has 4 aromatic rings. The van der Waals surface area contributed by atoms with Crippen molar-refractivity contribution in [1.82, 2.24) is 29.9 Å². The quantitative estimate of drug-likeness (QED) is 0.390. The zero-order valence-electron chi connectivity index (χ0n) is 18.6. The number of nitrogens with one attached hydrogen (secondary N) is 1. The number of nitrogens with zero attached hydrogens (tertiary/aromatic N) is 5. The molecule has 4 rings (SSSR count). The van der Waals surface area contributed by atoms with E-state index in [9.17, 15) is 27.5 Å². The van der Waals surface area contributed by atoms with Gasteiger partial charge in [-0.05, 0) is 32.0 Å². The van der Waals surface area contributed by atoms with Crippen molar-refractivity contribution in [3.05, 3.63) is 95.3 Å². The molecule has 0 fully saturated rings. The molecule has 0 saturated carbocycles. The highest BCUT2D eigenvalue weighted by Gasteiger charge is 2.40. The van der Waals surface area contributed by atoms with Crippen LogP contribution in [0.5, 0.6) is 0 Å². The molecule has 0 radical (unpaired) electrons. The fourth-order valence-electron chi connectivity index (χ4n) is 3.78. The van der Waals surface area contributed by atoms with Crippen LogP contribution < -0.4 is 5.32 Å². The van der Waals surface area contributed by atoms with Gasteiger partial charge in [0.05, 0.1) is 30.0 Å². The second kappa shape index (κ2) is 9.29. The molecule has 0 aliphatic carbocycles. The molecule has 0 spiro atoms. The summed E-state index contributed by atoms with van der Waals surface area (Å²) in [5.74, 6) is -4.16. The minimum atomic E-state index is -2.06. The van der Waals surface area contributed by atoms with Gasteiger partial charge in [-0.25, -0.2) is 31.9 Å². The zero-order chi connectivity index (χ0) is 25.3. The number of hydrogen-bond acceptors (Lipinski definition) is 5. The molecule has 2 N–H and O–H groups in total. The summed E-state index contributed by atoms with van der Waals surface area (Å²) in [5, 5.41) is 22.1. The van der Waals surface area contributed by atoms with E-state index >= 15 is 0 Å². The average molecular weight is 488 g/mol. The van der Waals surface area contributed by atoms with Gasteiger partial charge in [0.25, 0.3) is 5.91 Å². The molecule has 0 saturated heterocycles. The average Bonchev–Trinajstić information content (AvgIpc) is 3.43. The van der Waals surface area contributed by atoms with Crippen LogP contribution in [0.15, 0.2) is 55.2 Å². The molecule has 1 amide bonds. The lowest BCUT2D eigenvalue weighted by Crippen LogP contribution is -2.52. The highest BCUT2D eigenvalue weighted by molar-refractivity contribution is 5.95. The summed E-state index contributed by atoms with van der Waals surface area (Å²) in [4.78, 5) is 16.9. The maximum Gasteiger partial charge on any atom is 0.255 e. The van der Waals surface area contributed by atoms with E-state index in [4.69, 9.17) is 0 Å². The Kier molecular flexibility index (Phi) is 6.39. The lowest BCUT2D eigenvalue weighted by Gasteiger charge is -2.35. The standard InChI is InChI=1S/C23H20F4N6O2/c1-13-17(9-29-33(13)21-6-4-16(25)8-20(21)27)22(34)31-14(2)23(35,10-32-12-28-11-30-32)18-5-3-15(24)7-19(18)26/h3-9,11-12,14,35H,10H2,1-2H3,(H,31,34)/t14-,23-/m1/s1. The fraction of sp³-hybridized carbons (Fsp3) is 0.217. The van der Waals surface area contributed by atoms with Crippen LogP contribution >= 0.6 is 0 Å². The summed E-state index contributed by atoms with van der Waals surface area (Å²) >= 11 is 0. The van der Waals surface area contributed by atoms with Crippen LogP contribution in [0.1, 0.15) is 28.5 Å². The number of carbonyl (C=O) groups excluding carboxylic acids is 1. The Hall–Kier alpha value is -4.06. The van der Waals surface area contributed by atoms with Crippen LogP contribution in [0.3, 0.4) is 0 Å². The number of aliphatic hydroxyl groups is 1. The summed E-state index contributed by atoms with van der Waals surface area (Å²) in [6, 6.07) is 4.52. The molecule has 0 unspecified atom stereocenters. The minimum absolute atomic E-state index is 0.0447. The van der Waals surface area contributed by atoms with Gasteiger partial charge in [-0.3, -0.25) is 4.79 Å². The van der Waals surface area contributed by atoms with E-state index in [2.05, 4.69) is 20.5 Å². The van der Waals surface area contributed by atoms with Crippen LogP contribution in [0.2, 0.25) is 0 Å². The molecule has 35 heavy (non-hydrogen) atoms. The third kappa shape index (κ3) is 4.64. The smallest absolute Gasteiger partial charge is 0.255 e. The third-order valence-corrected chi connectivity index (χ3v) is 5.72. The Bertz CT molecular complexity index is 1370. The molecule has 0 aliphatic heterocycles. The first-order chi connectivity index (χ1) is 16.6. The molecule has 2 atom stereocenters. The number of carbonyl (C=O) groups is 1. The molecule has 2 heterocycles. The van der Waals surface area contributed by atoms with E-state index < -0.39 is 40.8 Å². The topological polar surface area (TPSA) is 97.9 Å². The summed E-state index contributed by atoms with van der Waals surface area (Å²) in [7, 11) is 0. The van der Waals surface area contributed by atoms with E-state index in [1.165, 1.54) is 43.4 Å². The van der Waals surface area contributed by atoms with Gasteiger partial charge in [-0.2, -0.15) is 10.2 Å². The maximum absolute atomic E-state index is 14.7. The molecule has 0 aliphatic rings. The Morgan fingerprint density at radius 1 is 1.09 bits per heavy atom. The fourth-order valence-corrected chi connectivity index (χ4v) is 3.78. The first-order valence-electron chi connectivity index (χ1n) is 10.4. The van der Waals surface area contributed by atoms with E-state index in [1.54, 1.807) is 0 Å². The van der Waals surface area contributed by atoms with Crippen LogP contribution in [-0.2, 0) is 12.1 Å². The lowest BCUT2D eigenvalue weighted by molar-refractivity contribution is -0.0186. The predicted octanol–water partition coefficient (Wildman–Crippen LogP) is 3.03. The van der Waals surface area contributed by atoms with Crippen LogP contribution in [0.4, 0.5) is 17.6 Å². The number of halogens is 4. The van der Waals surface area contributed by atoms with Gasteiger partial charge >= 0.3 is 0 Å². The SMILES string of the molecule is Cc1c(C(=O)N[C@H](C)[C@](O)(Cn2cncn2)c2ccc(F)cc2F)cnn1-c1ccc(F)cc1F. The second-order valence-electron chi connectivity index (χ2n) is 7.99. The van der Waals surface area contributed by atoms with Crippen molar-refractivity contribution < 1.29 is 27.5 Å². The summed E-state index contributed by atoms with van der Waals surface area (Å²) in [6.45, 7) is 2.64. The molecule has 182 valence electrons.